The molecule has 0 saturated heterocycles. The Kier molecular flexibility index (Phi) is 22.3. The van der Waals surface area contributed by atoms with Gasteiger partial charge in [-0.15, -0.1) is 45.3 Å². The highest BCUT2D eigenvalue weighted by molar-refractivity contribution is 9.11. The van der Waals surface area contributed by atoms with E-state index in [0.717, 1.165) is 86.6 Å². The molecule has 0 N–H and O–H groups in total. The monoisotopic (exact) mass is 1120 g/mol. The molecule has 0 spiro atoms. The second-order valence-corrected chi connectivity index (χ2v) is 26.8. The summed E-state index contributed by atoms with van der Waals surface area (Å²) in [5, 5.41) is 0. The second-order valence-electron chi connectivity index (χ2n) is 19.0. The predicted molar refractivity (Wildman–Crippen MR) is 307 cm³/mol. The lowest BCUT2D eigenvalue weighted by Crippen LogP contribution is -2.04. The second kappa shape index (κ2) is 28.2. The fourth-order valence-corrected chi connectivity index (χ4v) is 15.5. The van der Waals surface area contributed by atoms with Gasteiger partial charge in [0.25, 0.3) is 0 Å². The Labute approximate surface area is 440 Å². The number of halogens is 2. The predicted octanol–water partition coefficient (Wildman–Crippen LogP) is 21.8. The summed E-state index contributed by atoms with van der Waals surface area (Å²) in [4.78, 5) is 19.3. The molecule has 0 fully saturated rings. The average molecular weight is 1120 g/mol. The van der Waals surface area contributed by atoms with Gasteiger partial charge in [0.05, 0.1) is 29.1 Å². The van der Waals surface area contributed by atoms with Gasteiger partial charge in [-0.25, -0.2) is 9.97 Å². The van der Waals surface area contributed by atoms with Crippen molar-refractivity contribution in [1.82, 2.24) is 18.7 Å². The molecule has 4 nitrogen and oxygen atoms in total. The number of nitrogens with zero attached hydrogens (tertiary/aromatic N) is 4. The fraction of sp³-hybridized carbons (Fsp3) is 0.571. The summed E-state index contributed by atoms with van der Waals surface area (Å²) < 4.78 is 12.2. The molecule has 0 aliphatic carbocycles. The van der Waals surface area contributed by atoms with Crippen LogP contribution < -0.4 is 0 Å². The first-order valence-corrected chi connectivity index (χ1v) is 31.7. The smallest absolute Gasteiger partial charge is 0.116 e. The van der Waals surface area contributed by atoms with E-state index in [0.29, 0.717) is 0 Å². The first-order chi connectivity index (χ1) is 32.9. The summed E-state index contributed by atoms with van der Waals surface area (Å²) in [7, 11) is 0. The molecule has 7 aromatic rings. The van der Waals surface area contributed by atoms with E-state index in [1.807, 2.05) is 22.7 Å². The lowest BCUT2D eigenvalue weighted by Gasteiger charge is -2.16. The third-order valence-electron chi connectivity index (χ3n) is 13.6. The minimum atomic E-state index is 0.727. The van der Waals surface area contributed by atoms with Gasteiger partial charge in [-0.05, 0) is 105 Å². The highest BCUT2D eigenvalue weighted by Crippen LogP contribution is 2.48. The summed E-state index contributed by atoms with van der Waals surface area (Å²) in [6.45, 7) is 9.28. The molecule has 7 rings (SSSR count). The van der Waals surface area contributed by atoms with Gasteiger partial charge in [0.2, 0.25) is 0 Å². The topological polar surface area (TPSA) is 51.6 Å². The molecule has 0 saturated carbocycles. The summed E-state index contributed by atoms with van der Waals surface area (Å²) in [5.41, 5.74) is 7.67. The van der Waals surface area contributed by atoms with Crippen LogP contribution in [0.2, 0.25) is 0 Å². The van der Waals surface area contributed by atoms with Crippen LogP contribution in [0.3, 0.4) is 0 Å². The van der Waals surface area contributed by atoms with Gasteiger partial charge in [0.1, 0.15) is 33.5 Å². The van der Waals surface area contributed by atoms with Crippen molar-refractivity contribution in [3.8, 4) is 42.0 Å². The molecule has 0 amide bonds. The number of thiophene rings is 4. The third-order valence-corrected chi connectivity index (χ3v) is 19.6. The zero-order valence-corrected chi connectivity index (χ0v) is 48.0. The van der Waals surface area contributed by atoms with E-state index >= 15 is 0 Å². The highest BCUT2D eigenvalue weighted by atomic mass is 79.9. The summed E-state index contributed by atoms with van der Waals surface area (Å²) in [6, 6.07) is 18.2. The Morgan fingerprint density at radius 3 is 1.09 bits per heavy atom. The third kappa shape index (κ3) is 15.1. The lowest BCUT2D eigenvalue weighted by molar-refractivity contribution is 0.404. The summed E-state index contributed by atoms with van der Waals surface area (Å²) >= 11 is 16.2. The van der Waals surface area contributed by atoms with Crippen LogP contribution in [0.25, 0.3) is 64.1 Å². The number of unbranched alkanes of at least 4 members (excludes halogenated alkanes) is 16. The maximum absolute atomic E-state index is 5.85. The number of aromatic nitrogens is 4. The van der Waals surface area contributed by atoms with Gasteiger partial charge >= 0.3 is 0 Å². The first-order valence-electron chi connectivity index (χ1n) is 26.1. The normalized spacial score (nSPS) is 12.9. The Hall–Kier alpha value is -1.86. The molecule has 0 bridgehead atoms. The molecule has 0 radical (unpaired) electrons. The SMILES string of the molecule is CCCCCCCCC(CCCCCC)Cc1ccc(-c2nc3c(-c4ccc(Br)s4)c4nsnc4c(-c4ccc(Br)s4)c3nc2-c2ccc(CC(CCCCCC)CCCCCCCC)s2)s1. The standard InChI is InChI=1S/C56H74Br2N4S5/c1-5-9-13-17-19-23-27-39(25-21-15-11-7-3)37-41-29-31-45(63-41)51-52(46-32-30-42(64-46)38-40(26-22-16-12-8-4)28-24-20-18-14-10-6-2)60-54-50(44-34-36-48(58)66-44)56-55(61-67-62-56)49(53(54)59-51)43-33-35-47(57)65-43/h29-36,39-40H,5-28,37-38H2,1-4H3. The van der Waals surface area contributed by atoms with Gasteiger partial charge in [0, 0.05) is 30.6 Å². The molecule has 1 aromatic carbocycles. The molecule has 0 aliphatic heterocycles. The summed E-state index contributed by atoms with van der Waals surface area (Å²) in [6.07, 6.45) is 34.6. The summed E-state index contributed by atoms with van der Waals surface area (Å²) in [5.74, 6) is 1.45. The fourth-order valence-electron chi connectivity index (χ4n) is 9.87. The van der Waals surface area contributed by atoms with Crippen LogP contribution in [-0.2, 0) is 12.8 Å². The zero-order chi connectivity index (χ0) is 46.8. The number of fused-ring (bicyclic) bond motifs is 2. The molecule has 6 heterocycles. The van der Waals surface area contributed by atoms with E-state index in [1.165, 1.54) is 185 Å². The van der Waals surface area contributed by atoms with Gasteiger partial charge in [-0.2, -0.15) is 8.75 Å². The number of hydrogen-bond donors (Lipinski definition) is 0. The van der Waals surface area contributed by atoms with Crippen LogP contribution in [0.5, 0.6) is 0 Å². The number of rotatable bonds is 32. The van der Waals surface area contributed by atoms with Crippen LogP contribution in [0.15, 0.2) is 56.1 Å². The van der Waals surface area contributed by atoms with Crippen molar-refractivity contribution in [3.63, 3.8) is 0 Å². The minimum absolute atomic E-state index is 0.727. The Morgan fingerprint density at radius 2 is 0.731 bits per heavy atom. The Bertz CT molecular complexity index is 2360. The van der Waals surface area contributed by atoms with E-state index in [4.69, 9.17) is 18.7 Å². The molecule has 2 atom stereocenters. The Morgan fingerprint density at radius 1 is 0.388 bits per heavy atom. The molecule has 6 aromatic heterocycles. The van der Waals surface area contributed by atoms with Crippen LogP contribution in [-0.4, -0.2) is 18.7 Å². The van der Waals surface area contributed by atoms with Crippen molar-refractivity contribution < 1.29 is 0 Å². The van der Waals surface area contributed by atoms with Crippen molar-refractivity contribution >= 4 is 111 Å². The van der Waals surface area contributed by atoms with Crippen molar-refractivity contribution in [2.24, 2.45) is 11.8 Å². The van der Waals surface area contributed by atoms with Crippen molar-refractivity contribution in [2.75, 3.05) is 0 Å². The highest BCUT2D eigenvalue weighted by Gasteiger charge is 2.27. The van der Waals surface area contributed by atoms with Gasteiger partial charge < -0.3 is 0 Å². The average Bonchev–Trinajstić information content (AvgIpc) is 4.21. The molecule has 0 aliphatic rings. The Balaban J connectivity index is 1.29. The molecule has 11 heteroatoms. The van der Waals surface area contributed by atoms with Crippen LogP contribution in [0.4, 0.5) is 0 Å². The van der Waals surface area contributed by atoms with E-state index in [2.05, 4.69) is 108 Å². The van der Waals surface area contributed by atoms with Crippen molar-refractivity contribution in [3.05, 3.63) is 65.9 Å². The zero-order valence-electron chi connectivity index (χ0n) is 40.7. The molecular formula is C56H74Br2N4S5. The maximum Gasteiger partial charge on any atom is 0.116 e. The molecule has 2 unspecified atom stereocenters. The van der Waals surface area contributed by atoms with Gasteiger partial charge in [-0.3, -0.25) is 0 Å². The maximum atomic E-state index is 5.85. The molecule has 67 heavy (non-hydrogen) atoms. The largest absolute Gasteiger partial charge is 0.242 e. The van der Waals surface area contributed by atoms with E-state index in [-0.39, 0.29) is 0 Å². The van der Waals surface area contributed by atoms with Crippen LogP contribution >= 0.6 is 88.9 Å². The number of benzene rings is 1. The quantitative estimate of drug-likeness (QED) is 0.0394. The van der Waals surface area contributed by atoms with Crippen molar-refractivity contribution in [2.45, 2.75) is 195 Å². The molecule has 362 valence electrons. The van der Waals surface area contributed by atoms with E-state index in [1.54, 1.807) is 22.7 Å². The number of hydrogen-bond acceptors (Lipinski definition) is 9. The van der Waals surface area contributed by atoms with E-state index < -0.39 is 0 Å². The minimum Gasteiger partial charge on any atom is -0.242 e. The van der Waals surface area contributed by atoms with Crippen LogP contribution in [0.1, 0.15) is 192 Å². The van der Waals surface area contributed by atoms with Gasteiger partial charge in [-0.1, -0.05) is 182 Å². The lowest BCUT2D eigenvalue weighted by atomic mass is 9.91. The van der Waals surface area contributed by atoms with Crippen LogP contribution in [0, 0.1) is 11.8 Å². The van der Waals surface area contributed by atoms with Crippen molar-refractivity contribution in [1.29, 1.82) is 0 Å². The van der Waals surface area contributed by atoms with Gasteiger partial charge in [0.15, 0.2) is 0 Å². The van der Waals surface area contributed by atoms with E-state index in [9.17, 15) is 0 Å². The first kappa shape index (κ1) is 53.0. The molecular weight excluding hydrogens is 1050 g/mol.